The summed E-state index contributed by atoms with van der Waals surface area (Å²) in [5, 5.41) is 5.26. The second kappa shape index (κ2) is 9.03. The van der Waals surface area contributed by atoms with E-state index in [-0.39, 0.29) is 0 Å². The zero-order valence-electron chi connectivity index (χ0n) is 14.8. The van der Waals surface area contributed by atoms with Crippen molar-refractivity contribution < 1.29 is 9.47 Å². The van der Waals surface area contributed by atoms with Gasteiger partial charge in [-0.1, -0.05) is 23.7 Å². The molecule has 1 heterocycles. The van der Waals surface area contributed by atoms with Gasteiger partial charge in [0, 0.05) is 29.4 Å². The molecule has 3 rings (SSSR count). The number of nitrogens with one attached hydrogen (secondary N) is 1. The molecule has 0 saturated carbocycles. The molecule has 0 aliphatic heterocycles. The van der Waals surface area contributed by atoms with E-state index < -0.39 is 0 Å². The first-order valence-electron chi connectivity index (χ1n) is 8.32. The SMILES string of the molecule is COc1ccc(-c2cnc(CNCCc3cccc(Cl)c3)s2)c(OC)c1. The highest BCUT2D eigenvalue weighted by Crippen LogP contribution is 2.36. The molecule has 3 aromatic rings. The van der Waals surface area contributed by atoms with Gasteiger partial charge in [-0.2, -0.15) is 0 Å². The van der Waals surface area contributed by atoms with Crippen LogP contribution in [0.25, 0.3) is 10.4 Å². The van der Waals surface area contributed by atoms with Crippen LogP contribution < -0.4 is 14.8 Å². The van der Waals surface area contributed by atoms with E-state index in [1.54, 1.807) is 25.6 Å². The van der Waals surface area contributed by atoms with Crippen LogP contribution in [0.1, 0.15) is 10.6 Å². The maximum Gasteiger partial charge on any atom is 0.131 e. The van der Waals surface area contributed by atoms with Crippen molar-refractivity contribution in [2.24, 2.45) is 0 Å². The third-order valence-electron chi connectivity index (χ3n) is 3.98. The van der Waals surface area contributed by atoms with E-state index in [2.05, 4.69) is 16.4 Å². The van der Waals surface area contributed by atoms with Crippen molar-refractivity contribution in [3.63, 3.8) is 0 Å². The molecule has 4 nitrogen and oxygen atoms in total. The molecule has 0 aliphatic carbocycles. The standard InChI is InChI=1S/C20H21ClN2O2S/c1-24-16-6-7-17(18(11-16)25-2)19-12-23-20(26-19)13-22-9-8-14-4-3-5-15(21)10-14/h3-7,10-12,22H,8-9,13H2,1-2H3. The van der Waals surface area contributed by atoms with Crippen LogP contribution in [0.4, 0.5) is 0 Å². The van der Waals surface area contributed by atoms with Crippen LogP contribution in [0.15, 0.2) is 48.7 Å². The van der Waals surface area contributed by atoms with Gasteiger partial charge < -0.3 is 14.8 Å². The van der Waals surface area contributed by atoms with Crippen molar-refractivity contribution in [1.29, 1.82) is 0 Å². The lowest BCUT2D eigenvalue weighted by molar-refractivity contribution is 0.395. The van der Waals surface area contributed by atoms with Crippen LogP contribution in [0, 0.1) is 0 Å². The number of methoxy groups -OCH3 is 2. The van der Waals surface area contributed by atoms with Gasteiger partial charge in [0.15, 0.2) is 0 Å². The Morgan fingerprint density at radius 2 is 2.00 bits per heavy atom. The van der Waals surface area contributed by atoms with E-state index in [0.717, 1.165) is 51.5 Å². The fourth-order valence-corrected chi connectivity index (χ4v) is 3.77. The van der Waals surface area contributed by atoms with Crippen LogP contribution in [-0.2, 0) is 13.0 Å². The summed E-state index contributed by atoms with van der Waals surface area (Å²) >= 11 is 7.67. The molecule has 6 heteroatoms. The van der Waals surface area contributed by atoms with E-state index in [1.165, 1.54) is 5.56 Å². The summed E-state index contributed by atoms with van der Waals surface area (Å²) in [6.45, 7) is 1.62. The van der Waals surface area contributed by atoms with Gasteiger partial charge in [0.2, 0.25) is 0 Å². The van der Waals surface area contributed by atoms with Crippen molar-refractivity contribution in [3.05, 3.63) is 64.3 Å². The third-order valence-corrected chi connectivity index (χ3v) is 5.25. The predicted octanol–water partition coefficient (Wildman–Crippen LogP) is 4.81. The largest absolute Gasteiger partial charge is 0.497 e. The minimum Gasteiger partial charge on any atom is -0.497 e. The number of nitrogens with zero attached hydrogens (tertiary/aromatic N) is 1. The number of thiazole rings is 1. The molecule has 136 valence electrons. The Morgan fingerprint density at radius 3 is 2.77 bits per heavy atom. The van der Waals surface area contributed by atoms with Gasteiger partial charge in [-0.3, -0.25) is 0 Å². The summed E-state index contributed by atoms with van der Waals surface area (Å²) in [7, 11) is 3.31. The molecule has 0 saturated heterocycles. The first kappa shape index (κ1) is 18.7. The van der Waals surface area contributed by atoms with Gasteiger partial charge in [-0.05, 0) is 42.8 Å². The summed E-state index contributed by atoms with van der Waals surface area (Å²) in [5.41, 5.74) is 2.25. The summed E-state index contributed by atoms with van der Waals surface area (Å²) in [4.78, 5) is 5.60. The van der Waals surface area contributed by atoms with Crippen molar-refractivity contribution in [2.45, 2.75) is 13.0 Å². The zero-order chi connectivity index (χ0) is 18.4. The number of ether oxygens (including phenoxy) is 2. The Bertz CT molecular complexity index is 867. The fraction of sp³-hybridized carbons (Fsp3) is 0.250. The van der Waals surface area contributed by atoms with Crippen LogP contribution in [0.3, 0.4) is 0 Å². The number of halogens is 1. The summed E-state index contributed by atoms with van der Waals surface area (Å²) < 4.78 is 10.7. The quantitative estimate of drug-likeness (QED) is 0.562. The molecular formula is C20H21ClN2O2S. The number of hydrogen-bond donors (Lipinski definition) is 1. The molecule has 2 aromatic carbocycles. The molecule has 0 fully saturated rings. The van der Waals surface area contributed by atoms with Crippen molar-refractivity contribution in [1.82, 2.24) is 10.3 Å². The van der Waals surface area contributed by atoms with Gasteiger partial charge in [-0.25, -0.2) is 4.98 Å². The minimum absolute atomic E-state index is 0.740. The molecule has 0 unspecified atom stereocenters. The van der Waals surface area contributed by atoms with E-state index in [1.807, 2.05) is 42.6 Å². The van der Waals surface area contributed by atoms with Gasteiger partial charge in [0.25, 0.3) is 0 Å². The molecule has 0 bridgehead atoms. The van der Waals surface area contributed by atoms with Crippen LogP contribution in [0.2, 0.25) is 5.02 Å². The lowest BCUT2D eigenvalue weighted by Gasteiger charge is -2.08. The number of benzene rings is 2. The second-order valence-corrected chi connectivity index (χ2v) is 7.29. The van der Waals surface area contributed by atoms with Crippen molar-refractivity contribution in [3.8, 4) is 21.9 Å². The van der Waals surface area contributed by atoms with Crippen LogP contribution in [0.5, 0.6) is 11.5 Å². The molecule has 0 atom stereocenters. The Kier molecular flexibility index (Phi) is 6.50. The Labute approximate surface area is 162 Å². The highest BCUT2D eigenvalue weighted by Gasteiger charge is 2.11. The molecule has 0 aliphatic rings. The highest BCUT2D eigenvalue weighted by molar-refractivity contribution is 7.15. The first-order chi connectivity index (χ1) is 12.7. The highest BCUT2D eigenvalue weighted by atomic mass is 35.5. The maximum atomic E-state index is 6.01. The molecule has 0 spiro atoms. The van der Waals surface area contributed by atoms with E-state index >= 15 is 0 Å². The van der Waals surface area contributed by atoms with Gasteiger partial charge in [0.1, 0.15) is 16.5 Å². The van der Waals surface area contributed by atoms with E-state index in [4.69, 9.17) is 21.1 Å². The summed E-state index contributed by atoms with van der Waals surface area (Å²) in [5.74, 6) is 1.56. The monoisotopic (exact) mass is 388 g/mol. The number of hydrogen-bond acceptors (Lipinski definition) is 5. The molecule has 26 heavy (non-hydrogen) atoms. The minimum atomic E-state index is 0.740. The topological polar surface area (TPSA) is 43.4 Å². The smallest absolute Gasteiger partial charge is 0.131 e. The zero-order valence-corrected chi connectivity index (χ0v) is 16.4. The fourth-order valence-electron chi connectivity index (χ4n) is 2.64. The first-order valence-corrected chi connectivity index (χ1v) is 9.51. The lowest BCUT2D eigenvalue weighted by atomic mass is 10.1. The predicted molar refractivity (Wildman–Crippen MR) is 108 cm³/mol. The summed E-state index contributed by atoms with van der Waals surface area (Å²) in [6, 6.07) is 13.8. The average molecular weight is 389 g/mol. The Morgan fingerprint density at radius 1 is 1.12 bits per heavy atom. The molecule has 1 N–H and O–H groups in total. The van der Waals surface area contributed by atoms with E-state index in [0.29, 0.717) is 0 Å². The number of rotatable bonds is 8. The Hall–Kier alpha value is -2.08. The van der Waals surface area contributed by atoms with Crippen molar-refractivity contribution in [2.75, 3.05) is 20.8 Å². The third kappa shape index (κ3) is 4.75. The summed E-state index contributed by atoms with van der Waals surface area (Å²) in [6.07, 6.45) is 2.83. The van der Waals surface area contributed by atoms with Crippen molar-refractivity contribution >= 4 is 22.9 Å². The van der Waals surface area contributed by atoms with Crippen LogP contribution >= 0.6 is 22.9 Å². The average Bonchev–Trinajstić information content (AvgIpc) is 3.13. The van der Waals surface area contributed by atoms with Gasteiger partial charge in [-0.15, -0.1) is 11.3 Å². The molecule has 0 radical (unpaired) electrons. The maximum absolute atomic E-state index is 6.01. The normalized spacial score (nSPS) is 10.7. The molecular weight excluding hydrogens is 368 g/mol. The van der Waals surface area contributed by atoms with Gasteiger partial charge >= 0.3 is 0 Å². The molecule has 1 aromatic heterocycles. The molecule has 0 amide bonds. The van der Waals surface area contributed by atoms with E-state index in [9.17, 15) is 0 Å². The second-order valence-electron chi connectivity index (χ2n) is 5.74. The Balaban J connectivity index is 1.58. The lowest BCUT2D eigenvalue weighted by Crippen LogP contribution is -2.16. The van der Waals surface area contributed by atoms with Crippen LogP contribution in [-0.4, -0.2) is 25.7 Å². The van der Waals surface area contributed by atoms with Gasteiger partial charge in [0.05, 0.1) is 19.1 Å². The number of aromatic nitrogens is 1.